The van der Waals surface area contributed by atoms with E-state index in [-0.39, 0.29) is 22.6 Å². The van der Waals surface area contributed by atoms with Crippen molar-refractivity contribution in [1.82, 2.24) is 5.32 Å². The molecule has 0 saturated carbocycles. The molecule has 4 heteroatoms. The summed E-state index contributed by atoms with van der Waals surface area (Å²) in [5.74, 6) is -0.0522. The molecule has 0 spiro atoms. The molecule has 0 aliphatic rings. The van der Waals surface area contributed by atoms with Crippen LogP contribution in [0.1, 0.15) is 40.5 Å². The third-order valence-electron chi connectivity index (χ3n) is 3.51. The van der Waals surface area contributed by atoms with Crippen molar-refractivity contribution in [2.75, 3.05) is 12.8 Å². The summed E-state index contributed by atoms with van der Waals surface area (Å²) in [5.41, 5.74) is 5.71. The lowest BCUT2D eigenvalue weighted by Crippen LogP contribution is -2.44. The quantitative estimate of drug-likeness (QED) is 0.722. The normalized spacial score (nSPS) is 15.6. The maximum absolute atomic E-state index is 11.8. The van der Waals surface area contributed by atoms with Gasteiger partial charge in [0.25, 0.3) is 0 Å². The van der Waals surface area contributed by atoms with Gasteiger partial charge in [-0.15, -0.1) is 0 Å². The summed E-state index contributed by atoms with van der Waals surface area (Å²) in [5, 5.41) is 3.02. The van der Waals surface area contributed by atoms with Crippen LogP contribution >= 0.6 is 11.8 Å². The van der Waals surface area contributed by atoms with Gasteiger partial charge in [0, 0.05) is 23.3 Å². The minimum Gasteiger partial charge on any atom is -0.354 e. The summed E-state index contributed by atoms with van der Waals surface area (Å²) in [4.78, 5) is 11.8. The highest BCUT2D eigenvalue weighted by atomic mass is 32.2. The fraction of sp³-hybridized carbons (Fsp3) is 0.917. The zero-order valence-corrected chi connectivity index (χ0v) is 12.0. The number of nitrogens with two attached hydrogens (primary N) is 1. The van der Waals surface area contributed by atoms with Gasteiger partial charge in [0.05, 0.1) is 0 Å². The molecule has 0 aliphatic carbocycles. The first kappa shape index (κ1) is 15.8. The van der Waals surface area contributed by atoms with E-state index in [0.717, 1.165) is 19.4 Å². The Hall–Kier alpha value is -0.220. The van der Waals surface area contributed by atoms with Crippen LogP contribution in [0.25, 0.3) is 0 Å². The molecule has 0 rings (SSSR count). The Morgan fingerprint density at radius 3 is 2.19 bits per heavy atom. The largest absolute Gasteiger partial charge is 0.354 e. The highest BCUT2D eigenvalue weighted by Gasteiger charge is 2.26. The average Bonchev–Trinajstić information content (AvgIpc) is 2.30. The van der Waals surface area contributed by atoms with Crippen LogP contribution < -0.4 is 11.1 Å². The second-order valence-corrected chi connectivity index (χ2v) is 5.73. The van der Waals surface area contributed by atoms with Crippen molar-refractivity contribution < 1.29 is 4.79 Å². The standard InChI is InChI=1S/C12H26N2OS/c1-6-12(7-2,16-5)8-14-11(15)9(3)10(4)13/h9-10H,6-8,13H2,1-5H3,(H,14,15). The first-order valence-corrected chi connectivity index (χ1v) is 7.23. The predicted molar refractivity (Wildman–Crippen MR) is 72.7 cm³/mol. The SMILES string of the molecule is CCC(CC)(CNC(=O)C(C)C(C)N)SC. The molecule has 3 nitrogen and oxygen atoms in total. The summed E-state index contributed by atoms with van der Waals surface area (Å²) in [6.45, 7) is 8.81. The van der Waals surface area contributed by atoms with E-state index in [1.807, 2.05) is 25.6 Å². The van der Waals surface area contributed by atoms with E-state index in [2.05, 4.69) is 25.4 Å². The third-order valence-corrected chi connectivity index (χ3v) is 5.10. The molecule has 0 bridgehead atoms. The fourth-order valence-electron chi connectivity index (χ4n) is 1.51. The minimum atomic E-state index is -0.117. The minimum absolute atomic E-state index is 0.0651. The Morgan fingerprint density at radius 2 is 1.88 bits per heavy atom. The van der Waals surface area contributed by atoms with Crippen molar-refractivity contribution in [2.45, 2.75) is 51.3 Å². The first-order valence-electron chi connectivity index (χ1n) is 6.00. The average molecular weight is 246 g/mol. The fourth-order valence-corrected chi connectivity index (χ4v) is 2.30. The zero-order chi connectivity index (χ0) is 12.8. The van der Waals surface area contributed by atoms with Gasteiger partial charge in [-0.3, -0.25) is 4.79 Å². The summed E-state index contributed by atoms with van der Waals surface area (Å²) >= 11 is 1.83. The van der Waals surface area contributed by atoms with Gasteiger partial charge in [-0.2, -0.15) is 11.8 Å². The lowest BCUT2D eigenvalue weighted by molar-refractivity contribution is -0.125. The summed E-state index contributed by atoms with van der Waals surface area (Å²) < 4.78 is 0.174. The third kappa shape index (κ3) is 4.34. The van der Waals surface area contributed by atoms with Crippen LogP contribution in [-0.2, 0) is 4.79 Å². The smallest absolute Gasteiger partial charge is 0.224 e. The first-order chi connectivity index (χ1) is 7.42. The second-order valence-electron chi connectivity index (χ2n) is 4.46. The lowest BCUT2D eigenvalue weighted by Gasteiger charge is -2.30. The second kappa shape index (κ2) is 7.17. The molecule has 3 N–H and O–H groups in total. The van der Waals surface area contributed by atoms with Crippen LogP contribution in [-0.4, -0.2) is 29.5 Å². The summed E-state index contributed by atoms with van der Waals surface area (Å²) in [6, 6.07) is -0.0908. The molecule has 0 radical (unpaired) electrons. The number of hydrogen-bond acceptors (Lipinski definition) is 3. The van der Waals surface area contributed by atoms with E-state index in [4.69, 9.17) is 5.73 Å². The lowest BCUT2D eigenvalue weighted by atomic mass is 10.0. The molecule has 2 atom stereocenters. The van der Waals surface area contributed by atoms with Crippen LogP contribution in [0.2, 0.25) is 0 Å². The van der Waals surface area contributed by atoms with Crippen LogP contribution in [0.5, 0.6) is 0 Å². The summed E-state index contributed by atoms with van der Waals surface area (Å²) in [6.07, 6.45) is 4.24. The summed E-state index contributed by atoms with van der Waals surface area (Å²) in [7, 11) is 0. The van der Waals surface area contributed by atoms with Crippen LogP contribution in [0.3, 0.4) is 0 Å². The maximum Gasteiger partial charge on any atom is 0.224 e. The monoisotopic (exact) mass is 246 g/mol. The molecule has 96 valence electrons. The van der Waals surface area contributed by atoms with Crippen LogP contribution in [0, 0.1) is 5.92 Å². The Morgan fingerprint density at radius 1 is 1.38 bits per heavy atom. The molecule has 2 unspecified atom stereocenters. The molecular formula is C12H26N2OS. The molecule has 0 heterocycles. The number of carbonyl (C=O) groups is 1. The van der Waals surface area contributed by atoms with Gasteiger partial charge in [-0.25, -0.2) is 0 Å². The molecule has 1 amide bonds. The van der Waals surface area contributed by atoms with Gasteiger partial charge in [0.2, 0.25) is 5.91 Å². The van der Waals surface area contributed by atoms with Gasteiger partial charge in [0.1, 0.15) is 0 Å². The van der Waals surface area contributed by atoms with Gasteiger partial charge in [-0.1, -0.05) is 20.8 Å². The van der Waals surface area contributed by atoms with Gasteiger partial charge >= 0.3 is 0 Å². The van der Waals surface area contributed by atoms with Crippen LogP contribution in [0.4, 0.5) is 0 Å². The molecule has 0 aromatic rings. The van der Waals surface area contributed by atoms with E-state index in [1.54, 1.807) is 0 Å². The molecule has 0 aliphatic heterocycles. The number of nitrogens with one attached hydrogen (secondary N) is 1. The molecule has 0 saturated heterocycles. The van der Waals surface area contributed by atoms with Crippen molar-refractivity contribution >= 4 is 17.7 Å². The van der Waals surface area contributed by atoms with E-state index in [0.29, 0.717) is 0 Å². The number of rotatable bonds is 7. The van der Waals surface area contributed by atoms with E-state index in [9.17, 15) is 4.79 Å². The van der Waals surface area contributed by atoms with Gasteiger partial charge < -0.3 is 11.1 Å². The molecular weight excluding hydrogens is 220 g/mol. The number of hydrogen-bond donors (Lipinski definition) is 2. The van der Waals surface area contributed by atoms with Crippen molar-refractivity contribution in [3.05, 3.63) is 0 Å². The molecule has 0 aromatic carbocycles. The molecule has 0 aromatic heterocycles. The Labute approximate surface area is 104 Å². The van der Waals surface area contributed by atoms with E-state index >= 15 is 0 Å². The number of amides is 1. The number of carbonyl (C=O) groups excluding carboxylic acids is 1. The van der Waals surface area contributed by atoms with E-state index < -0.39 is 0 Å². The number of thioether (sulfide) groups is 1. The van der Waals surface area contributed by atoms with Crippen molar-refractivity contribution in [1.29, 1.82) is 0 Å². The van der Waals surface area contributed by atoms with Crippen molar-refractivity contribution in [3.8, 4) is 0 Å². The van der Waals surface area contributed by atoms with E-state index in [1.165, 1.54) is 0 Å². The van der Waals surface area contributed by atoms with Gasteiger partial charge in [-0.05, 0) is 26.0 Å². The maximum atomic E-state index is 11.8. The Balaban J connectivity index is 4.26. The molecule has 0 fully saturated rings. The Bertz CT molecular complexity index is 207. The highest BCUT2D eigenvalue weighted by molar-refractivity contribution is 8.00. The van der Waals surface area contributed by atoms with Crippen molar-refractivity contribution in [2.24, 2.45) is 11.7 Å². The van der Waals surface area contributed by atoms with Crippen molar-refractivity contribution in [3.63, 3.8) is 0 Å². The molecule has 16 heavy (non-hydrogen) atoms. The van der Waals surface area contributed by atoms with Crippen LogP contribution in [0.15, 0.2) is 0 Å². The van der Waals surface area contributed by atoms with Gasteiger partial charge in [0.15, 0.2) is 0 Å². The Kier molecular flexibility index (Phi) is 7.07. The topological polar surface area (TPSA) is 55.1 Å². The zero-order valence-electron chi connectivity index (χ0n) is 11.2. The highest BCUT2D eigenvalue weighted by Crippen LogP contribution is 2.29. The predicted octanol–water partition coefficient (Wildman–Crippen LogP) is 2.01.